The van der Waals surface area contributed by atoms with Crippen molar-refractivity contribution in [2.24, 2.45) is 5.92 Å². The third-order valence-electron chi connectivity index (χ3n) is 6.22. The van der Waals surface area contributed by atoms with Crippen molar-refractivity contribution in [2.45, 2.75) is 42.8 Å². The Morgan fingerprint density at radius 3 is 2.85 bits per heavy atom. The number of aromatic hydroxyl groups is 1. The number of carbonyl (C=O) groups is 1. The quantitative estimate of drug-likeness (QED) is 0.643. The number of rotatable bonds is 5. The number of ether oxygens (including phenoxy) is 1. The summed E-state index contributed by atoms with van der Waals surface area (Å²) in [5, 5.41) is 12.5. The van der Waals surface area contributed by atoms with Crippen LogP contribution in [0.5, 0.6) is 5.75 Å². The van der Waals surface area contributed by atoms with Crippen LogP contribution in [0.25, 0.3) is 0 Å². The number of aromatic nitrogens is 2. The van der Waals surface area contributed by atoms with Crippen molar-refractivity contribution in [1.29, 1.82) is 0 Å². The Hall–Kier alpha value is -2.83. The number of benzene rings is 1. The average Bonchev–Trinajstić information content (AvgIpc) is 2.96. The number of sulfonamides is 1. The SMILES string of the molecule is CN(C)S(=O)(=O)c1cc(F)ccc1CNC(=O)C1CCC12OCCCn1c2ncc(O)c1=O. The van der Waals surface area contributed by atoms with Crippen molar-refractivity contribution in [2.75, 3.05) is 20.7 Å². The fourth-order valence-electron chi connectivity index (χ4n) is 4.32. The lowest BCUT2D eigenvalue weighted by atomic mass is 9.67. The van der Waals surface area contributed by atoms with E-state index in [0.29, 0.717) is 38.2 Å². The summed E-state index contributed by atoms with van der Waals surface area (Å²) in [5.41, 5.74) is -1.44. The van der Waals surface area contributed by atoms with Gasteiger partial charge in [0.05, 0.1) is 17.0 Å². The minimum Gasteiger partial charge on any atom is -0.502 e. The van der Waals surface area contributed by atoms with E-state index in [1.807, 2.05) is 0 Å². The van der Waals surface area contributed by atoms with Gasteiger partial charge in [-0.2, -0.15) is 0 Å². The second-order valence-corrected chi connectivity index (χ2v) is 10.5. The summed E-state index contributed by atoms with van der Waals surface area (Å²) in [6.45, 7) is 0.493. The molecule has 1 aliphatic heterocycles. The third-order valence-corrected chi connectivity index (χ3v) is 8.12. The number of amides is 1. The molecule has 178 valence electrons. The Morgan fingerprint density at radius 1 is 1.42 bits per heavy atom. The molecule has 2 N–H and O–H groups in total. The van der Waals surface area contributed by atoms with Crippen LogP contribution in [-0.4, -0.2) is 54.0 Å². The number of fused-ring (bicyclic) bond motifs is 2. The third kappa shape index (κ3) is 3.91. The first-order chi connectivity index (χ1) is 15.6. The van der Waals surface area contributed by atoms with Gasteiger partial charge in [0.2, 0.25) is 15.9 Å². The summed E-state index contributed by atoms with van der Waals surface area (Å²) < 4.78 is 47.3. The van der Waals surface area contributed by atoms with Gasteiger partial charge in [-0.15, -0.1) is 0 Å². The van der Waals surface area contributed by atoms with Gasteiger partial charge in [0.15, 0.2) is 5.75 Å². The molecule has 2 unspecified atom stereocenters. The number of hydrogen-bond acceptors (Lipinski definition) is 7. The normalized spacial score (nSPS) is 22.5. The molecule has 2 heterocycles. The summed E-state index contributed by atoms with van der Waals surface area (Å²) in [5.74, 6) is -1.93. The van der Waals surface area contributed by atoms with E-state index >= 15 is 0 Å². The molecule has 12 heteroatoms. The fraction of sp³-hybridized carbons (Fsp3) is 0.476. The van der Waals surface area contributed by atoms with E-state index in [4.69, 9.17) is 4.74 Å². The minimum absolute atomic E-state index is 0.135. The van der Waals surface area contributed by atoms with Gasteiger partial charge in [-0.05, 0) is 37.0 Å². The van der Waals surface area contributed by atoms with E-state index in [1.165, 1.54) is 24.7 Å². The maximum absolute atomic E-state index is 13.8. The molecule has 0 bridgehead atoms. The number of nitrogens with one attached hydrogen (secondary N) is 1. The van der Waals surface area contributed by atoms with Crippen molar-refractivity contribution < 1.29 is 27.4 Å². The predicted molar refractivity (Wildman–Crippen MR) is 114 cm³/mol. The smallest absolute Gasteiger partial charge is 0.295 e. The van der Waals surface area contributed by atoms with E-state index in [-0.39, 0.29) is 17.0 Å². The summed E-state index contributed by atoms with van der Waals surface area (Å²) in [6.07, 6.45) is 2.54. The first kappa shape index (κ1) is 23.3. The van der Waals surface area contributed by atoms with E-state index < -0.39 is 44.6 Å². The lowest BCUT2D eigenvalue weighted by molar-refractivity contribution is -0.173. The van der Waals surface area contributed by atoms with Crippen molar-refractivity contribution in [3.8, 4) is 5.75 Å². The minimum atomic E-state index is -3.92. The lowest BCUT2D eigenvalue weighted by Gasteiger charge is -2.47. The zero-order valence-corrected chi connectivity index (χ0v) is 19.1. The fourth-order valence-corrected chi connectivity index (χ4v) is 5.45. The van der Waals surface area contributed by atoms with Crippen molar-refractivity contribution in [3.63, 3.8) is 0 Å². The average molecular weight is 481 g/mol. The van der Waals surface area contributed by atoms with E-state index in [9.17, 15) is 27.5 Å². The van der Waals surface area contributed by atoms with Gasteiger partial charge in [-0.25, -0.2) is 22.1 Å². The molecule has 1 amide bonds. The summed E-state index contributed by atoms with van der Waals surface area (Å²) in [7, 11) is -1.24. The first-order valence-electron chi connectivity index (χ1n) is 10.5. The largest absolute Gasteiger partial charge is 0.502 e. The molecule has 4 rings (SSSR count). The monoisotopic (exact) mass is 480 g/mol. The topological polar surface area (TPSA) is 131 Å². The summed E-state index contributed by atoms with van der Waals surface area (Å²) in [6, 6.07) is 3.38. The van der Waals surface area contributed by atoms with Crippen molar-refractivity contribution in [1.82, 2.24) is 19.2 Å². The van der Waals surface area contributed by atoms with Gasteiger partial charge < -0.3 is 15.2 Å². The van der Waals surface area contributed by atoms with Crippen LogP contribution in [0.4, 0.5) is 4.39 Å². The zero-order valence-electron chi connectivity index (χ0n) is 18.2. The van der Waals surface area contributed by atoms with Gasteiger partial charge >= 0.3 is 0 Å². The maximum Gasteiger partial charge on any atom is 0.295 e. The number of hydrogen-bond donors (Lipinski definition) is 2. The lowest BCUT2D eigenvalue weighted by Crippen LogP contribution is -2.55. The van der Waals surface area contributed by atoms with Crippen LogP contribution in [0.1, 0.15) is 30.7 Å². The molecule has 2 aromatic rings. The Bertz CT molecular complexity index is 1260. The van der Waals surface area contributed by atoms with E-state index in [0.717, 1.165) is 22.6 Å². The van der Waals surface area contributed by atoms with Crippen molar-refractivity contribution >= 4 is 15.9 Å². The molecule has 1 aromatic heterocycles. The van der Waals surface area contributed by atoms with Crippen LogP contribution >= 0.6 is 0 Å². The number of carbonyl (C=O) groups excluding carboxylic acids is 1. The molecule has 10 nitrogen and oxygen atoms in total. The molecular formula is C21H25FN4O6S. The highest BCUT2D eigenvalue weighted by Gasteiger charge is 2.56. The number of halogens is 1. The van der Waals surface area contributed by atoms with Gasteiger partial charge in [0.25, 0.3) is 5.56 Å². The maximum atomic E-state index is 13.8. The van der Waals surface area contributed by atoms with Crippen LogP contribution in [0.2, 0.25) is 0 Å². The number of nitrogens with zero attached hydrogens (tertiary/aromatic N) is 3. The standard InChI is InChI=1S/C21H25FN4O6S/c1-25(2)33(30,31)17-10-14(22)5-4-13(17)11-23-18(28)15-6-7-21(15)20-24-12-16(27)19(29)26(20)8-3-9-32-21/h4-5,10,12,15,27H,3,6-9,11H2,1-2H3,(H,23,28). The Morgan fingerprint density at radius 2 is 2.18 bits per heavy atom. The van der Waals surface area contributed by atoms with Crippen LogP contribution in [0, 0.1) is 11.7 Å². The van der Waals surface area contributed by atoms with Crippen LogP contribution in [0.15, 0.2) is 34.1 Å². The van der Waals surface area contributed by atoms with Crippen LogP contribution in [0.3, 0.4) is 0 Å². The molecule has 1 aliphatic carbocycles. The molecule has 1 saturated carbocycles. The van der Waals surface area contributed by atoms with Crippen LogP contribution in [-0.2, 0) is 38.2 Å². The Balaban J connectivity index is 1.60. The molecule has 1 spiro atoms. The molecule has 0 saturated heterocycles. The van der Waals surface area contributed by atoms with E-state index in [2.05, 4.69) is 10.3 Å². The molecule has 0 radical (unpaired) electrons. The van der Waals surface area contributed by atoms with Gasteiger partial charge in [0, 0.05) is 33.8 Å². The summed E-state index contributed by atoms with van der Waals surface area (Å²) >= 11 is 0. The van der Waals surface area contributed by atoms with Gasteiger partial charge in [-0.1, -0.05) is 6.07 Å². The molecule has 2 atom stereocenters. The highest BCUT2D eigenvalue weighted by atomic mass is 32.2. The second kappa shape index (κ2) is 8.50. The second-order valence-electron chi connectivity index (χ2n) is 8.36. The predicted octanol–water partition coefficient (Wildman–Crippen LogP) is 0.680. The molecule has 1 aromatic carbocycles. The molecule has 2 aliphatic rings. The van der Waals surface area contributed by atoms with Gasteiger partial charge in [-0.3, -0.25) is 14.2 Å². The molecular weight excluding hydrogens is 455 g/mol. The zero-order chi connectivity index (χ0) is 24.0. The highest BCUT2D eigenvalue weighted by Crippen LogP contribution is 2.50. The van der Waals surface area contributed by atoms with Crippen molar-refractivity contribution in [3.05, 3.63) is 52.0 Å². The van der Waals surface area contributed by atoms with Gasteiger partial charge in [0.1, 0.15) is 17.2 Å². The Labute approximate surface area is 190 Å². The van der Waals surface area contributed by atoms with Crippen LogP contribution < -0.4 is 10.9 Å². The highest BCUT2D eigenvalue weighted by molar-refractivity contribution is 7.89. The Kier molecular flexibility index (Phi) is 6.01. The first-order valence-corrected chi connectivity index (χ1v) is 11.9. The molecule has 33 heavy (non-hydrogen) atoms. The summed E-state index contributed by atoms with van der Waals surface area (Å²) in [4.78, 5) is 29.5. The van der Waals surface area contributed by atoms with E-state index in [1.54, 1.807) is 0 Å². The molecule has 1 fully saturated rings.